The molecule has 1 aliphatic heterocycles. The van der Waals surface area contributed by atoms with Gasteiger partial charge in [-0.25, -0.2) is 12.7 Å². The minimum atomic E-state index is -3.21. The van der Waals surface area contributed by atoms with Gasteiger partial charge in [0.2, 0.25) is 15.9 Å². The average Bonchev–Trinajstić information content (AvgIpc) is 2.60. The highest BCUT2D eigenvalue weighted by Gasteiger charge is 2.28. The first-order chi connectivity index (χ1) is 12.6. The van der Waals surface area contributed by atoms with Crippen molar-refractivity contribution in [2.45, 2.75) is 33.2 Å². The number of rotatable bonds is 4. The van der Waals surface area contributed by atoms with Crippen molar-refractivity contribution in [3.05, 3.63) is 45.2 Å². The van der Waals surface area contributed by atoms with Crippen LogP contribution in [0, 0.1) is 19.8 Å². The Balaban J connectivity index is 1.67. The van der Waals surface area contributed by atoms with Gasteiger partial charge in [-0.3, -0.25) is 9.59 Å². The van der Waals surface area contributed by atoms with Crippen LogP contribution in [0.25, 0.3) is 10.9 Å². The lowest BCUT2D eigenvalue weighted by molar-refractivity contribution is -0.126. The van der Waals surface area contributed by atoms with Crippen LogP contribution in [-0.4, -0.2) is 43.0 Å². The Kier molecular flexibility index (Phi) is 5.39. The first kappa shape index (κ1) is 19.6. The number of amides is 1. The van der Waals surface area contributed by atoms with E-state index in [0.29, 0.717) is 31.5 Å². The number of piperidine rings is 1. The molecule has 2 heterocycles. The number of H-pyrrole nitrogens is 1. The summed E-state index contributed by atoms with van der Waals surface area (Å²) in [5.41, 5.74) is 3.24. The second kappa shape index (κ2) is 7.44. The Hall–Kier alpha value is -2.19. The molecule has 8 heteroatoms. The van der Waals surface area contributed by atoms with Crippen LogP contribution >= 0.6 is 0 Å². The van der Waals surface area contributed by atoms with E-state index in [9.17, 15) is 18.0 Å². The first-order valence-electron chi connectivity index (χ1n) is 9.01. The van der Waals surface area contributed by atoms with Crippen molar-refractivity contribution in [3.63, 3.8) is 0 Å². The molecule has 1 fully saturated rings. The van der Waals surface area contributed by atoms with Crippen molar-refractivity contribution in [3.8, 4) is 0 Å². The number of sulfonamides is 1. The molecule has 2 aromatic rings. The number of aromatic amines is 1. The molecule has 0 bridgehead atoms. The van der Waals surface area contributed by atoms with E-state index < -0.39 is 10.0 Å². The summed E-state index contributed by atoms with van der Waals surface area (Å²) in [6.45, 7) is 4.82. The van der Waals surface area contributed by atoms with Gasteiger partial charge in [0.1, 0.15) is 0 Å². The lowest BCUT2D eigenvalue weighted by atomic mass is 9.97. The van der Waals surface area contributed by atoms with Crippen molar-refractivity contribution in [1.29, 1.82) is 0 Å². The molecule has 0 aliphatic carbocycles. The maximum atomic E-state index is 12.4. The molecule has 0 atom stereocenters. The zero-order chi connectivity index (χ0) is 19.8. The molecule has 7 nitrogen and oxygen atoms in total. The van der Waals surface area contributed by atoms with E-state index in [0.717, 1.165) is 22.0 Å². The van der Waals surface area contributed by atoms with E-state index in [1.54, 1.807) is 0 Å². The third-order valence-electron chi connectivity index (χ3n) is 5.12. The quantitative estimate of drug-likeness (QED) is 0.824. The standard InChI is InChI=1S/C19H25N3O4S/c1-12-8-13(2)17-15(9-12)10-16(19(24)21-17)11-20-18(23)14-4-6-22(7-5-14)27(3,25)26/h8-10,14H,4-7,11H2,1-3H3,(H,20,23)(H,21,24). The summed E-state index contributed by atoms with van der Waals surface area (Å²) in [7, 11) is -3.21. The van der Waals surface area contributed by atoms with Gasteiger partial charge in [0.25, 0.3) is 5.56 Å². The summed E-state index contributed by atoms with van der Waals surface area (Å²) >= 11 is 0. The largest absolute Gasteiger partial charge is 0.352 e. The Morgan fingerprint density at radius 1 is 1.22 bits per heavy atom. The van der Waals surface area contributed by atoms with Gasteiger partial charge >= 0.3 is 0 Å². The monoisotopic (exact) mass is 391 g/mol. The summed E-state index contributed by atoms with van der Waals surface area (Å²) < 4.78 is 24.5. The molecule has 1 aromatic carbocycles. The van der Waals surface area contributed by atoms with E-state index in [-0.39, 0.29) is 23.9 Å². The number of aryl methyl sites for hydroxylation is 2. The molecule has 146 valence electrons. The second-order valence-corrected chi connectivity index (χ2v) is 9.31. The molecule has 3 rings (SSSR count). The minimum absolute atomic E-state index is 0.136. The van der Waals surface area contributed by atoms with Crippen LogP contribution in [-0.2, 0) is 21.4 Å². The fourth-order valence-corrected chi connectivity index (χ4v) is 4.51. The van der Waals surface area contributed by atoms with Crippen molar-refractivity contribution < 1.29 is 13.2 Å². The molecule has 1 aliphatic rings. The number of carbonyl (C=O) groups excluding carboxylic acids is 1. The van der Waals surface area contributed by atoms with Crippen LogP contribution in [0.5, 0.6) is 0 Å². The van der Waals surface area contributed by atoms with E-state index in [4.69, 9.17) is 0 Å². The van der Waals surface area contributed by atoms with E-state index in [2.05, 4.69) is 10.3 Å². The Labute approximate surface area is 158 Å². The summed E-state index contributed by atoms with van der Waals surface area (Å²) in [4.78, 5) is 27.7. The zero-order valence-corrected chi connectivity index (χ0v) is 16.6. The number of fused-ring (bicyclic) bond motifs is 1. The lowest BCUT2D eigenvalue weighted by Gasteiger charge is -2.29. The number of hydrogen-bond donors (Lipinski definition) is 2. The first-order valence-corrected chi connectivity index (χ1v) is 10.9. The molecule has 0 radical (unpaired) electrons. The molecule has 0 saturated carbocycles. The topological polar surface area (TPSA) is 99.3 Å². The van der Waals surface area contributed by atoms with Gasteiger partial charge in [-0.1, -0.05) is 11.6 Å². The summed E-state index contributed by atoms with van der Waals surface area (Å²) in [5.74, 6) is -0.366. The summed E-state index contributed by atoms with van der Waals surface area (Å²) in [5, 5.41) is 3.77. The molecule has 27 heavy (non-hydrogen) atoms. The predicted molar refractivity (Wildman–Crippen MR) is 105 cm³/mol. The van der Waals surface area contributed by atoms with Crippen molar-refractivity contribution in [2.24, 2.45) is 5.92 Å². The Morgan fingerprint density at radius 2 is 1.89 bits per heavy atom. The Bertz CT molecular complexity index is 1030. The maximum Gasteiger partial charge on any atom is 0.253 e. The number of pyridine rings is 1. The normalized spacial score (nSPS) is 16.6. The number of carbonyl (C=O) groups is 1. The molecule has 1 aromatic heterocycles. The van der Waals surface area contributed by atoms with Gasteiger partial charge in [0.15, 0.2) is 0 Å². The Morgan fingerprint density at radius 3 is 2.52 bits per heavy atom. The number of nitrogens with one attached hydrogen (secondary N) is 2. The van der Waals surface area contributed by atoms with Crippen LogP contribution in [0.4, 0.5) is 0 Å². The van der Waals surface area contributed by atoms with Crippen molar-refractivity contribution in [2.75, 3.05) is 19.3 Å². The third kappa shape index (κ3) is 4.39. The molecular weight excluding hydrogens is 366 g/mol. The van der Waals surface area contributed by atoms with Gasteiger partial charge in [-0.05, 0) is 49.8 Å². The maximum absolute atomic E-state index is 12.4. The van der Waals surface area contributed by atoms with Crippen LogP contribution in [0.15, 0.2) is 23.0 Å². The number of aromatic nitrogens is 1. The van der Waals surface area contributed by atoms with Crippen LogP contribution in [0.2, 0.25) is 0 Å². The number of hydrogen-bond acceptors (Lipinski definition) is 4. The average molecular weight is 391 g/mol. The van der Waals surface area contributed by atoms with Gasteiger partial charge in [0.05, 0.1) is 11.8 Å². The van der Waals surface area contributed by atoms with Gasteiger partial charge in [0, 0.05) is 31.1 Å². The molecule has 0 unspecified atom stereocenters. The van der Waals surface area contributed by atoms with Gasteiger partial charge in [-0.2, -0.15) is 0 Å². The molecule has 2 N–H and O–H groups in total. The van der Waals surface area contributed by atoms with E-state index in [1.807, 2.05) is 32.0 Å². The highest BCUT2D eigenvalue weighted by atomic mass is 32.2. The van der Waals surface area contributed by atoms with Crippen LogP contribution < -0.4 is 10.9 Å². The van der Waals surface area contributed by atoms with E-state index >= 15 is 0 Å². The number of nitrogens with zero attached hydrogens (tertiary/aromatic N) is 1. The van der Waals surface area contributed by atoms with Gasteiger partial charge < -0.3 is 10.3 Å². The number of benzene rings is 1. The molecular formula is C19H25N3O4S. The van der Waals surface area contributed by atoms with Gasteiger partial charge in [-0.15, -0.1) is 0 Å². The predicted octanol–water partition coefficient (Wildman–Crippen LogP) is 1.43. The summed E-state index contributed by atoms with van der Waals surface area (Å²) in [6.07, 6.45) is 2.17. The second-order valence-electron chi connectivity index (χ2n) is 7.32. The summed E-state index contributed by atoms with van der Waals surface area (Å²) in [6, 6.07) is 5.84. The van der Waals surface area contributed by atoms with Crippen molar-refractivity contribution >= 4 is 26.8 Å². The third-order valence-corrected chi connectivity index (χ3v) is 6.42. The van der Waals surface area contributed by atoms with Crippen LogP contribution in [0.3, 0.4) is 0 Å². The molecule has 1 saturated heterocycles. The smallest absolute Gasteiger partial charge is 0.253 e. The van der Waals surface area contributed by atoms with E-state index in [1.165, 1.54) is 10.6 Å². The molecule has 1 amide bonds. The zero-order valence-electron chi connectivity index (χ0n) is 15.8. The van der Waals surface area contributed by atoms with Crippen LogP contribution in [0.1, 0.15) is 29.5 Å². The minimum Gasteiger partial charge on any atom is -0.352 e. The SMILES string of the molecule is Cc1cc(C)c2[nH]c(=O)c(CNC(=O)C3CCN(S(C)(=O)=O)CC3)cc2c1. The fourth-order valence-electron chi connectivity index (χ4n) is 3.64. The molecule has 0 spiro atoms. The fraction of sp³-hybridized carbons (Fsp3) is 0.474. The highest BCUT2D eigenvalue weighted by Crippen LogP contribution is 2.20. The highest BCUT2D eigenvalue weighted by molar-refractivity contribution is 7.88. The lowest BCUT2D eigenvalue weighted by Crippen LogP contribution is -2.42. The van der Waals surface area contributed by atoms with Crippen molar-refractivity contribution in [1.82, 2.24) is 14.6 Å².